The van der Waals surface area contributed by atoms with Gasteiger partial charge in [-0.05, 0) is 44.4 Å². The van der Waals surface area contributed by atoms with Gasteiger partial charge in [0.05, 0.1) is 11.7 Å². The van der Waals surface area contributed by atoms with E-state index in [0.29, 0.717) is 17.4 Å². The van der Waals surface area contributed by atoms with Crippen LogP contribution in [0, 0.1) is 5.92 Å². The second-order valence-electron chi connectivity index (χ2n) is 6.16. The van der Waals surface area contributed by atoms with Gasteiger partial charge in [0.1, 0.15) is 0 Å². The van der Waals surface area contributed by atoms with Crippen LogP contribution >= 0.6 is 11.6 Å². The molecule has 1 saturated heterocycles. The summed E-state index contributed by atoms with van der Waals surface area (Å²) in [5.74, 6) is 0.588. The number of ether oxygens (including phenoxy) is 1. The summed E-state index contributed by atoms with van der Waals surface area (Å²) in [5, 5.41) is 0.321. The molecule has 2 fully saturated rings. The Morgan fingerprint density at radius 2 is 1.94 bits per heavy atom. The lowest BCUT2D eigenvalue weighted by atomic mass is 9.83. The Hall–Kier alpha value is 0.250. The fraction of sp³-hybridized carbons (Fsp3) is 1.00. The third-order valence-electron chi connectivity index (χ3n) is 4.75. The maximum atomic E-state index is 6.40. The molecule has 0 N–H and O–H groups in total. The first kappa shape index (κ1) is 13.7. The summed E-state index contributed by atoms with van der Waals surface area (Å²) < 4.78 is 6.40. The summed E-state index contributed by atoms with van der Waals surface area (Å²) in [6, 6.07) is 0. The quantitative estimate of drug-likeness (QED) is 0.651. The molecule has 17 heavy (non-hydrogen) atoms. The van der Waals surface area contributed by atoms with E-state index in [0.717, 1.165) is 12.8 Å². The fourth-order valence-corrected chi connectivity index (χ4v) is 3.69. The van der Waals surface area contributed by atoms with Crippen molar-refractivity contribution in [2.24, 2.45) is 5.92 Å². The minimum Gasteiger partial charge on any atom is -0.372 e. The Labute approximate surface area is 111 Å². The molecule has 0 aromatic carbocycles. The molecule has 2 rings (SSSR count). The maximum absolute atomic E-state index is 6.40. The number of halogens is 1. The first-order valence-corrected chi connectivity index (χ1v) is 7.91. The van der Waals surface area contributed by atoms with Crippen LogP contribution in [0.2, 0.25) is 0 Å². The Bertz CT molecular complexity index is 235. The molecule has 0 bridgehead atoms. The first-order valence-electron chi connectivity index (χ1n) is 7.47. The lowest BCUT2D eigenvalue weighted by molar-refractivity contribution is -0.0693. The highest BCUT2D eigenvalue weighted by Gasteiger charge is 2.41. The minimum absolute atomic E-state index is 0.274. The number of alkyl halides is 1. The molecule has 2 heteroatoms. The summed E-state index contributed by atoms with van der Waals surface area (Å²) in [5.41, 5.74) is 0.274. The smallest absolute Gasteiger partial charge is 0.0687 e. The molecule has 3 atom stereocenters. The van der Waals surface area contributed by atoms with Gasteiger partial charge in [0.2, 0.25) is 0 Å². The molecule has 1 spiro atoms. The lowest BCUT2D eigenvalue weighted by Gasteiger charge is -2.34. The standard InChI is InChI=1S/C15H27ClO/c1-3-14(16)12(2)11-13-7-10-15(17-13)8-5-4-6-9-15/h12-14H,3-11H2,1-2H3. The summed E-state index contributed by atoms with van der Waals surface area (Å²) in [6.45, 7) is 4.45. The van der Waals surface area contributed by atoms with Crippen molar-refractivity contribution in [1.29, 1.82) is 0 Å². The number of hydrogen-bond acceptors (Lipinski definition) is 1. The second-order valence-corrected chi connectivity index (χ2v) is 6.72. The summed E-state index contributed by atoms with van der Waals surface area (Å²) in [4.78, 5) is 0. The van der Waals surface area contributed by atoms with Crippen LogP contribution < -0.4 is 0 Å². The van der Waals surface area contributed by atoms with Gasteiger partial charge in [0, 0.05) is 5.38 Å². The van der Waals surface area contributed by atoms with Crippen LogP contribution in [0.4, 0.5) is 0 Å². The van der Waals surface area contributed by atoms with Crippen molar-refractivity contribution in [1.82, 2.24) is 0 Å². The highest BCUT2D eigenvalue weighted by Crippen LogP contribution is 2.43. The largest absolute Gasteiger partial charge is 0.372 e. The first-order chi connectivity index (χ1) is 8.15. The molecule has 1 nitrogen and oxygen atoms in total. The Balaban J connectivity index is 1.81. The summed E-state index contributed by atoms with van der Waals surface area (Å²) >= 11 is 6.32. The molecule has 0 amide bonds. The van der Waals surface area contributed by atoms with Crippen LogP contribution in [0.25, 0.3) is 0 Å². The molecule has 1 heterocycles. The van der Waals surface area contributed by atoms with Crippen LogP contribution in [-0.2, 0) is 4.74 Å². The van der Waals surface area contributed by atoms with Gasteiger partial charge >= 0.3 is 0 Å². The average Bonchev–Trinajstić information content (AvgIpc) is 2.72. The molecule has 1 aliphatic heterocycles. The normalized spacial score (nSPS) is 31.6. The zero-order valence-corrected chi connectivity index (χ0v) is 12.1. The topological polar surface area (TPSA) is 9.23 Å². The predicted molar refractivity (Wildman–Crippen MR) is 73.6 cm³/mol. The predicted octanol–water partition coefficient (Wildman–Crippen LogP) is 4.91. The molecular weight excluding hydrogens is 232 g/mol. The monoisotopic (exact) mass is 258 g/mol. The Kier molecular flexibility index (Phi) is 4.77. The fourth-order valence-electron chi connectivity index (χ4n) is 3.59. The van der Waals surface area contributed by atoms with E-state index in [4.69, 9.17) is 16.3 Å². The number of hydrogen-bond donors (Lipinski definition) is 0. The van der Waals surface area contributed by atoms with Crippen LogP contribution in [0.1, 0.15) is 71.6 Å². The molecule has 0 radical (unpaired) electrons. The molecular formula is C15H27ClO. The molecule has 0 aromatic rings. The van der Waals surface area contributed by atoms with Crippen LogP contribution in [0.3, 0.4) is 0 Å². The Morgan fingerprint density at radius 1 is 1.24 bits per heavy atom. The highest BCUT2D eigenvalue weighted by molar-refractivity contribution is 6.20. The molecule has 0 aromatic heterocycles. The molecule has 1 saturated carbocycles. The van der Waals surface area contributed by atoms with Crippen molar-refractivity contribution in [3.8, 4) is 0 Å². The van der Waals surface area contributed by atoms with Gasteiger partial charge in [0.15, 0.2) is 0 Å². The van der Waals surface area contributed by atoms with E-state index in [1.54, 1.807) is 0 Å². The van der Waals surface area contributed by atoms with E-state index in [2.05, 4.69) is 13.8 Å². The van der Waals surface area contributed by atoms with Crippen LogP contribution in [-0.4, -0.2) is 17.1 Å². The van der Waals surface area contributed by atoms with Gasteiger partial charge in [-0.3, -0.25) is 0 Å². The zero-order valence-electron chi connectivity index (χ0n) is 11.4. The third kappa shape index (κ3) is 3.38. The van der Waals surface area contributed by atoms with E-state index < -0.39 is 0 Å². The van der Waals surface area contributed by atoms with Crippen molar-refractivity contribution < 1.29 is 4.74 Å². The molecule has 100 valence electrons. The lowest BCUT2D eigenvalue weighted by Crippen LogP contribution is -2.32. The van der Waals surface area contributed by atoms with E-state index in [9.17, 15) is 0 Å². The third-order valence-corrected chi connectivity index (χ3v) is 5.48. The molecule has 3 unspecified atom stereocenters. The van der Waals surface area contributed by atoms with Crippen molar-refractivity contribution in [2.75, 3.05) is 0 Å². The average molecular weight is 259 g/mol. The second kappa shape index (κ2) is 5.93. The van der Waals surface area contributed by atoms with Crippen LogP contribution in [0.5, 0.6) is 0 Å². The molecule has 1 aliphatic carbocycles. The summed E-state index contributed by atoms with van der Waals surface area (Å²) in [6.07, 6.45) is 12.0. The Morgan fingerprint density at radius 3 is 2.59 bits per heavy atom. The van der Waals surface area contributed by atoms with E-state index in [1.165, 1.54) is 44.9 Å². The van der Waals surface area contributed by atoms with Crippen LogP contribution in [0.15, 0.2) is 0 Å². The van der Waals surface area contributed by atoms with Crippen molar-refractivity contribution >= 4 is 11.6 Å². The van der Waals surface area contributed by atoms with Gasteiger partial charge in [-0.15, -0.1) is 11.6 Å². The van der Waals surface area contributed by atoms with Crippen molar-refractivity contribution in [2.45, 2.75) is 88.7 Å². The van der Waals surface area contributed by atoms with E-state index >= 15 is 0 Å². The summed E-state index contributed by atoms with van der Waals surface area (Å²) in [7, 11) is 0. The van der Waals surface area contributed by atoms with E-state index in [-0.39, 0.29) is 5.60 Å². The molecule has 2 aliphatic rings. The van der Waals surface area contributed by atoms with Crippen molar-refractivity contribution in [3.63, 3.8) is 0 Å². The highest BCUT2D eigenvalue weighted by atomic mass is 35.5. The SMILES string of the molecule is CCC(Cl)C(C)CC1CCC2(CCCCC2)O1. The van der Waals surface area contributed by atoms with Gasteiger partial charge in [0.25, 0.3) is 0 Å². The minimum atomic E-state index is 0.274. The van der Waals surface area contributed by atoms with Crippen molar-refractivity contribution in [3.05, 3.63) is 0 Å². The number of rotatable bonds is 4. The van der Waals surface area contributed by atoms with E-state index in [1.807, 2.05) is 0 Å². The van der Waals surface area contributed by atoms with Gasteiger partial charge < -0.3 is 4.74 Å². The van der Waals surface area contributed by atoms with Gasteiger partial charge in [-0.25, -0.2) is 0 Å². The van der Waals surface area contributed by atoms with Gasteiger partial charge in [-0.2, -0.15) is 0 Å². The van der Waals surface area contributed by atoms with Gasteiger partial charge in [-0.1, -0.05) is 33.1 Å². The zero-order chi connectivity index (χ0) is 12.3. The maximum Gasteiger partial charge on any atom is 0.0687 e.